The highest BCUT2D eigenvalue weighted by molar-refractivity contribution is 5.76. The van der Waals surface area contributed by atoms with Crippen LogP contribution < -0.4 is 10.6 Å². The van der Waals surface area contributed by atoms with Gasteiger partial charge in [0.2, 0.25) is 5.91 Å². The van der Waals surface area contributed by atoms with Gasteiger partial charge in [0.05, 0.1) is 0 Å². The molecule has 104 valence electrons. The van der Waals surface area contributed by atoms with Gasteiger partial charge >= 0.3 is 0 Å². The number of nitrogens with one attached hydrogen (secondary N) is 2. The van der Waals surface area contributed by atoms with Crippen molar-refractivity contribution >= 4 is 5.91 Å². The topological polar surface area (TPSA) is 41.1 Å². The number of hydrogen-bond donors (Lipinski definition) is 2. The Labute approximate surface area is 111 Å². The maximum atomic E-state index is 12.0. The molecule has 0 radical (unpaired) electrons. The van der Waals surface area contributed by atoms with E-state index in [0.29, 0.717) is 17.9 Å². The highest BCUT2D eigenvalue weighted by Gasteiger charge is 2.19. The Kier molecular flexibility index (Phi) is 5.98. The molecule has 0 aromatic heterocycles. The molecule has 1 heterocycles. The van der Waals surface area contributed by atoms with Gasteiger partial charge in [-0.3, -0.25) is 4.79 Å². The molecule has 2 aliphatic rings. The van der Waals surface area contributed by atoms with E-state index >= 15 is 0 Å². The van der Waals surface area contributed by atoms with Crippen LogP contribution in [0.3, 0.4) is 0 Å². The number of carbonyl (C=O) groups is 1. The zero-order chi connectivity index (χ0) is 12.6. The van der Waals surface area contributed by atoms with E-state index in [9.17, 15) is 4.79 Å². The molecule has 1 amide bonds. The third kappa shape index (κ3) is 4.97. The monoisotopic (exact) mass is 252 g/mol. The molecular formula is C15H28N2O. The highest BCUT2D eigenvalue weighted by Crippen LogP contribution is 2.19. The normalized spacial score (nSPS) is 24.2. The first kappa shape index (κ1) is 13.9. The van der Waals surface area contributed by atoms with Crippen molar-refractivity contribution in [1.82, 2.24) is 10.6 Å². The van der Waals surface area contributed by atoms with Gasteiger partial charge in [0.25, 0.3) is 0 Å². The van der Waals surface area contributed by atoms with Gasteiger partial charge in [-0.05, 0) is 44.7 Å². The van der Waals surface area contributed by atoms with Crippen molar-refractivity contribution in [3.63, 3.8) is 0 Å². The van der Waals surface area contributed by atoms with Crippen LogP contribution in [0.15, 0.2) is 0 Å². The molecule has 0 aromatic rings. The van der Waals surface area contributed by atoms with Crippen LogP contribution in [0, 0.1) is 5.92 Å². The number of rotatable bonds is 3. The first-order chi connectivity index (χ1) is 8.84. The quantitative estimate of drug-likeness (QED) is 0.810. The Bertz CT molecular complexity index is 241. The van der Waals surface area contributed by atoms with E-state index in [2.05, 4.69) is 10.6 Å². The zero-order valence-electron chi connectivity index (χ0n) is 11.5. The molecule has 2 rings (SSSR count). The number of hydrogen-bond acceptors (Lipinski definition) is 2. The molecule has 1 saturated heterocycles. The summed E-state index contributed by atoms with van der Waals surface area (Å²) in [6.45, 7) is 2.17. The van der Waals surface area contributed by atoms with Crippen LogP contribution in [0.1, 0.15) is 64.2 Å². The van der Waals surface area contributed by atoms with E-state index in [1.165, 1.54) is 44.9 Å². The second-order valence-electron chi connectivity index (χ2n) is 6.01. The van der Waals surface area contributed by atoms with Crippen molar-refractivity contribution in [3.05, 3.63) is 0 Å². The van der Waals surface area contributed by atoms with E-state index in [1.807, 2.05) is 0 Å². The van der Waals surface area contributed by atoms with Crippen molar-refractivity contribution in [2.24, 2.45) is 5.92 Å². The van der Waals surface area contributed by atoms with Crippen molar-refractivity contribution in [2.45, 2.75) is 70.3 Å². The lowest BCUT2D eigenvalue weighted by Crippen LogP contribution is -2.37. The minimum absolute atomic E-state index is 0.299. The Balaban J connectivity index is 1.68. The van der Waals surface area contributed by atoms with Gasteiger partial charge in [0.15, 0.2) is 0 Å². The van der Waals surface area contributed by atoms with E-state index < -0.39 is 0 Å². The fraction of sp³-hybridized carbons (Fsp3) is 0.933. The smallest absolute Gasteiger partial charge is 0.220 e. The largest absolute Gasteiger partial charge is 0.353 e. The summed E-state index contributed by atoms with van der Waals surface area (Å²) < 4.78 is 0. The maximum absolute atomic E-state index is 12.0. The Hall–Kier alpha value is -0.570. The lowest BCUT2D eigenvalue weighted by molar-refractivity contribution is -0.123. The van der Waals surface area contributed by atoms with Crippen LogP contribution in [-0.4, -0.2) is 25.0 Å². The molecule has 2 fully saturated rings. The van der Waals surface area contributed by atoms with E-state index in [4.69, 9.17) is 0 Å². The first-order valence-electron chi connectivity index (χ1n) is 7.84. The van der Waals surface area contributed by atoms with Crippen LogP contribution in [0.5, 0.6) is 0 Å². The molecule has 2 N–H and O–H groups in total. The summed E-state index contributed by atoms with van der Waals surface area (Å²) in [6, 6.07) is 0.458. The molecule has 0 spiro atoms. The molecule has 0 unspecified atom stereocenters. The van der Waals surface area contributed by atoms with Crippen molar-refractivity contribution in [1.29, 1.82) is 0 Å². The fourth-order valence-electron chi connectivity index (χ4n) is 3.24. The second-order valence-corrected chi connectivity index (χ2v) is 6.01. The molecule has 1 aliphatic heterocycles. The lowest BCUT2D eigenvalue weighted by Gasteiger charge is -2.25. The van der Waals surface area contributed by atoms with E-state index in [0.717, 1.165) is 32.4 Å². The van der Waals surface area contributed by atoms with Crippen LogP contribution in [0.4, 0.5) is 0 Å². The summed E-state index contributed by atoms with van der Waals surface area (Å²) in [5, 5.41) is 6.63. The summed E-state index contributed by atoms with van der Waals surface area (Å²) in [6.07, 6.45) is 12.1. The van der Waals surface area contributed by atoms with Gasteiger partial charge in [0, 0.05) is 12.5 Å². The molecule has 0 aromatic carbocycles. The average Bonchev–Trinajstić information content (AvgIpc) is 2.34. The molecule has 0 atom stereocenters. The molecule has 1 aliphatic carbocycles. The third-order valence-electron chi connectivity index (χ3n) is 4.40. The highest BCUT2D eigenvalue weighted by atomic mass is 16.1. The van der Waals surface area contributed by atoms with Crippen molar-refractivity contribution in [2.75, 3.05) is 13.1 Å². The van der Waals surface area contributed by atoms with Gasteiger partial charge in [-0.1, -0.05) is 32.1 Å². The predicted molar refractivity (Wildman–Crippen MR) is 74.5 cm³/mol. The summed E-state index contributed by atoms with van der Waals surface area (Å²) in [5.74, 6) is 0.910. The van der Waals surface area contributed by atoms with Gasteiger partial charge in [-0.2, -0.15) is 0 Å². The van der Waals surface area contributed by atoms with Gasteiger partial charge in [-0.25, -0.2) is 0 Å². The standard InChI is InChI=1S/C15H28N2O/c18-15(12-13-8-10-16-11-9-13)17-14-6-4-2-1-3-5-7-14/h13-14,16H,1-12H2,(H,17,18). The predicted octanol–water partition coefficient (Wildman–Crippen LogP) is 2.61. The summed E-state index contributed by atoms with van der Waals surface area (Å²) in [4.78, 5) is 12.0. The van der Waals surface area contributed by atoms with Crippen LogP contribution in [0.25, 0.3) is 0 Å². The maximum Gasteiger partial charge on any atom is 0.220 e. The minimum atomic E-state index is 0.299. The van der Waals surface area contributed by atoms with Gasteiger partial charge in [0.1, 0.15) is 0 Å². The van der Waals surface area contributed by atoms with Crippen molar-refractivity contribution < 1.29 is 4.79 Å². The fourth-order valence-corrected chi connectivity index (χ4v) is 3.24. The van der Waals surface area contributed by atoms with Gasteiger partial charge < -0.3 is 10.6 Å². The van der Waals surface area contributed by atoms with E-state index in [1.54, 1.807) is 0 Å². The minimum Gasteiger partial charge on any atom is -0.353 e. The molecule has 3 nitrogen and oxygen atoms in total. The van der Waals surface area contributed by atoms with Crippen LogP contribution in [0.2, 0.25) is 0 Å². The van der Waals surface area contributed by atoms with Crippen LogP contribution >= 0.6 is 0 Å². The number of carbonyl (C=O) groups excluding carboxylic acids is 1. The Morgan fingerprint density at radius 1 is 0.944 bits per heavy atom. The molecule has 3 heteroatoms. The summed E-state index contributed by atoms with van der Waals surface area (Å²) >= 11 is 0. The molecular weight excluding hydrogens is 224 g/mol. The SMILES string of the molecule is O=C(CC1CCNCC1)NC1CCCCCCC1. The number of amides is 1. The first-order valence-corrected chi connectivity index (χ1v) is 7.84. The zero-order valence-corrected chi connectivity index (χ0v) is 11.5. The lowest BCUT2D eigenvalue weighted by atomic mass is 9.93. The Morgan fingerprint density at radius 3 is 2.22 bits per heavy atom. The molecule has 0 bridgehead atoms. The van der Waals surface area contributed by atoms with Crippen molar-refractivity contribution in [3.8, 4) is 0 Å². The van der Waals surface area contributed by atoms with Gasteiger partial charge in [-0.15, -0.1) is 0 Å². The average molecular weight is 252 g/mol. The third-order valence-corrected chi connectivity index (χ3v) is 4.40. The summed E-state index contributed by atoms with van der Waals surface area (Å²) in [7, 11) is 0. The van der Waals surface area contributed by atoms with Crippen LogP contribution in [-0.2, 0) is 4.79 Å². The van der Waals surface area contributed by atoms with E-state index in [-0.39, 0.29) is 0 Å². The molecule has 18 heavy (non-hydrogen) atoms. The second kappa shape index (κ2) is 7.78. The molecule has 1 saturated carbocycles. The Morgan fingerprint density at radius 2 is 1.56 bits per heavy atom. The summed E-state index contributed by atoms with van der Waals surface area (Å²) in [5.41, 5.74) is 0. The number of piperidine rings is 1.